The van der Waals surface area contributed by atoms with E-state index in [0.717, 1.165) is 22.4 Å². The lowest BCUT2D eigenvalue weighted by Crippen LogP contribution is -2.58. The summed E-state index contributed by atoms with van der Waals surface area (Å²) in [6.45, 7) is -0.0438. The van der Waals surface area contributed by atoms with Gasteiger partial charge >= 0.3 is 11.9 Å². The van der Waals surface area contributed by atoms with Gasteiger partial charge in [0, 0.05) is 18.9 Å². The number of fused-ring (bicyclic) bond motifs is 1. The zero-order chi connectivity index (χ0) is 25.0. The summed E-state index contributed by atoms with van der Waals surface area (Å²) in [6, 6.07) is 19.3. The van der Waals surface area contributed by atoms with Gasteiger partial charge in [-0.2, -0.15) is 0 Å². The monoisotopic (exact) mass is 478 g/mol. The van der Waals surface area contributed by atoms with Gasteiger partial charge in [-0.05, 0) is 40.1 Å². The Morgan fingerprint density at radius 1 is 0.971 bits per heavy atom. The molecule has 4 atom stereocenters. The molecule has 0 heterocycles. The molecule has 1 aliphatic rings. The molecule has 4 N–H and O–H groups in total. The number of ether oxygens (including phenoxy) is 2. The molecule has 3 aromatic carbocycles. The number of hydrogen-bond acceptors (Lipinski definition) is 7. The number of carbonyl (C=O) groups is 2. The SMILES string of the molecule is O=C(/C=C/c1ccc(O)cc1)O[C@@H]1C[C@](OCc2cccc3ccccc23)(C(=O)O)C[C@H](O)[C@H]1O. The smallest absolute Gasteiger partial charge is 0.336 e. The maximum atomic E-state index is 12.4. The van der Waals surface area contributed by atoms with Crippen molar-refractivity contribution in [3.8, 4) is 5.75 Å². The summed E-state index contributed by atoms with van der Waals surface area (Å²) in [5.41, 5.74) is -0.460. The van der Waals surface area contributed by atoms with Gasteiger partial charge in [0.05, 0.1) is 12.7 Å². The van der Waals surface area contributed by atoms with Crippen LogP contribution < -0.4 is 0 Å². The van der Waals surface area contributed by atoms with Crippen molar-refractivity contribution in [3.63, 3.8) is 0 Å². The van der Waals surface area contributed by atoms with Gasteiger partial charge < -0.3 is 29.9 Å². The number of aromatic hydroxyl groups is 1. The van der Waals surface area contributed by atoms with Crippen molar-refractivity contribution in [2.24, 2.45) is 0 Å². The lowest BCUT2D eigenvalue weighted by Gasteiger charge is -2.41. The fourth-order valence-electron chi connectivity index (χ4n) is 4.27. The second-order valence-corrected chi connectivity index (χ2v) is 8.59. The van der Waals surface area contributed by atoms with E-state index in [9.17, 15) is 30.0 Å². The van der Waals surface area contributed by atoms with Crippen molar-refractivity contribution in [1.29, 1.82) is 0 Å². The maximum absolute atomic E-state index is 12.4. The Morgan fingerprint density at radius 2 is 1.69 bits per heavy atom. The van der Waals surface area contributed by atoms with Crippen LogP contribution in [0.2, 0.25) is 0 Å². The number of phenolic OH excluding ortho intramolecular Hbond substituents is 1. The molecule has 0 bridgehead atoms. The Kier molecular flexibility index (Phi) is 7.16. The number of hydrogen-bond donors (Lipinski definition) is 4. The van der Waals surface area contributed by atoms with Crippen molar-refractivity contribution >= 4 is 28.8 Å². The van der Waals surface area contributed by atoms with Crippen LogP contribution in [-0.2, 0) is 25.7 Å². The number of aliphatic hydroxyl groups excluding tert-OH is 2. The van der Waals surface area contributed by atoms with Crippen LogP contribution in [0.15, 0.2) is 72.8 Å². The summed E-state index contributed by atoms with van der Waals surface area (Å²) in [6.07, 6.45) is -2.33. The largest absolute Gasteiger partial charge is 0.508 e. The standard InChI is InChI=1S/C27H26O8/c28-20-11-8-17(9-12-20)10-13-24(30)35-23-15-27(26(32)33,14-22(29)25(23)31)34-16-19-6-3-5-18-4-1-2-7-21(18)19/h1-13,22-23,25,28-29,31H,14-16H2,(H,32,33)/b13-10+/t22-,23+,25+,27-/m0/s1. The first kappa shape index (κ1) is 24.4. The molecule has 1 saturated carbocycles. The van der Waals surface area contributed by atoms with Crippen molar-refractivity contribution in [2.75, 3.05) is 0 Å². The minimum absolute atomic E-state index is 0.0438. The summed E-state index contributed by atoms with van der Waals surface area (Å²) >= 11 is 0. The van der Waals surface area contributed by atoms with Crippen LogP contribution in [0.25, 0.3) is 16.8 Å². The topological polar surface area (TPSA) is 134 Å². The number of carboxylic acids is 1. The van der Waals surface area contributed by atoms with Crippen molar-refractivity contribution in [2.45, 2.75) is 43.4 Å². The van der Waals surface area contributed by atoms with E-state index in [1.54, 1.807) is 12.1 Å². The van der Waals surface area contributed by atoms with E-state index in [0.29, 0.717) is 5.56 Å². The predicted molar refractivity (Wildman–Crippen MR) is 127 cm³/mol. The van der Waals surface area contributed by atoms with Crippen molar-refractivity contribution in [1.82, 2.24) is 0 Å². The van der Waals surface area contributed by atoms with Gasteiger partial charge in [-0.25, -0.2) is 9.59 Å². The summed E-state index contributed by atoms with van der Waals surface area (Å²) in [7, 11) is 0. The zero-order valence-corrected chi connectivity index (χ0v) is 18.8. The molecule has 0 spiro atoms. The molecule has 0 unspecified atom stereocenters. The van der Waals surface area contributed by atoms with Gasteiger partial charge in [-0.15, -0.1) is 0 Å². The number of aliphatic hydroxyl groups is 2. The molecule has 1 fully saturated rings. The van der Waals surface area contributed by atoms with E-state index < -0.39 is 35.9 Å². The van der Waals surface area contributed by atoms with Crippen LogP contribution in [0.1, 0.15) is 24.0 Å². The van der Waals surface area contributed by atoms with Gasteiger partial charge in [0.25, 0.3) is 0 Å². The lowest BCUT2D eigenvalue weighted by atomic mass is 9.79. The van der Waals surface area contributed by atoms with Crippen LogP contribution in [0.5, 0.6) is 5.75 Å². The molecule has 0 aliphatic heterocycles. The first-order chi connectivity index (χ1) is 16.8. The van der Waals surface area contributed by atoms with E-state index in [1.165, 1.54) is 18.2 Å². The summed E-state index contributed by atoms with van der Waals surface area (Å²) in [4.78, 5) is 24.7. The molecular weight excluding hydrogens is 452 g/mol. The number of carboxylic acid groups (broad SMARTS) is 1. The van der Waals surface area contributed by atoms with Crippen LogP contribution >= 0.6 is 0 Å². The number of rotatable bonds is 7. The number of phenols is 1. The molecule has 0 amide bonds. The average Bonchev–Trinajstić information content (AvgIpc) is 2.85. The number of benzene rings is 3. The average molecular weight is 478 g/mol. The Labute approximate surface area is 201 Å². The second-order valence-electron chi connectivity index (χ2n) is 8.59. The van der Waals surface area contributed by atoms with E-state index in [-0.39, 0.29) is 25.2 Å². The molecule has 0 aromatic heterocycles. The third-order valence-electron chi connectivity index (χ3n) is 6.19. The summed E-state index contributed by atoms with van der Waals surface area (Å²) in [5.74, 6) is -2.05. The Bertz CT molecular complexity index is 1230. The van der Waals surface area contributed by atoms with Gasteiger partial charge in [0.1, 0.15) is 18.0 Å². The summed E-state index contributed by atoms with van der Waals surface area (Å²) in [5, 5.41) is 42.1. The third-order valence-corrected chi connectivity index (χ3v) is 6.19. The Morgan fingerprint density at radius 3 is 2.43 bits per heavy atom. The molecule has 8 heteroatoms. The van der Waals surface area contributed by atoms with Crippen LogP contribution in [0.4, 0.5) is 0 Å². The van der Waals surface area contributed by atoms with Crippen molar-refractivity contribution < 1.29 is 39.5 Å². The highest BCUT2D eigenvalue weighted by Crippen LogP contribution is 2.36. The maximum Gasteiger partial charge on any atom is 0.336 e. The molecule has 0 saturated heterocycles. The molecular formula is C27H26O8. The fourth-order valence-corrected chi connectivity index (χ4v) is 4.27. The van der Waals surface area contributed by atoms with E-state index in [4.69, 9.17) is 9.47 Å². The Balaban J connectivity index is 1.50. The van der Waals surface area contributed by atoms with Gasteiger partial charge in [0.2, 0.25) is 0 Å². The molecule has 0 radical (unpaired) electrons. The minimum Gasteiger partial charge on any atom is -0.508 e. The van der Waals surface area contributed by atoms with Crippen molar-refractivity contribution in [3.05, 3.63) is 83.9 Å². The van der Waals surface area contributed by atoms with Gasteiger partial charge in [0.15, 0.2) is 5.60 Å². The predicted octanol–water partition coefficient (Wildman–Crippen LogP) is 3.03. The number of esters is 1. The van der Waals surface area contributed by atoms with Gasteiger partial charge in [-0.3, -0.25) is 0 Å². The van der Waals surface area contributed by atoms with E-state index >= 15 is 0 Å². The normalized spacial score (nSPS) is 24.5. The summed E-state index contributed by atoms with van der Waals surface area (Å²) < 4.78 is 11.2. The first-order valence-electron chi connectivity index (χ1n) is 11.2. The van der Waals surface area contributed by atoms with E-state index in [2.05, 4.69) is 0 Å². The Hall–Kier alpha value is -3.72. The molecule has 182 valence electrons. The van der Waals surface area contributed by atoms with E-state index in [1.807, 2.05) is 42.5 Å². The third kappa shape index (κ3) is 5.51. The quantitative estimate of drug-likeness (QED) is 0.301. The fraction of sp³-hybridized carbons (Fsp3) is 0.259. The number of aliphatic carboxylic acids is 1. The van der Waals surface area contributed by atoms with Crippen LogP contribution in [-0.4, -0.2) is 56.3 Å². The van der Waals surface area contributed by atoms with Crippen LogP contribution in [0, 0.1) is 0 Å². The molecule has 3 aromatic rings. The van der Waals surface area contributed by atoms with Gasteiger partial charge in [-0.1, -0.05) is 54.6 Å². The highest BCUT2D eigenvalue weighted by Gasteiger charge is 2.52. The molecule has 35 heavy (non-hydrogen) atoms. The zero-order valence-electron chi connectivity index (χ0n) is 18.8. The molecule has 8 nitrogen and oxygen atoms in total. The first-order valence-corrected chi connectivity index (χ1v) is 11.2. The number of carbonyl (C=O) groups excluding carboxylic acids is 1. The lowest BCUT2D eigenvalue weighted by molar-refractivity contribution is -0.209. The minimum atomic E-state index is -1.86. The molecule has 1 aliphatic carbocycles. The highest BCUT2D eigenvalue weighted by molar-refractivity contribution is 5.87. The van der Waals surface area contributed by atoms with Crippen LogP contribution in [0.3, 0.4) is 0 Å². The highest BCUT2D eigenvalue weighted by atomic mass is 16.6. The molecule has 4 rings (SSSR count). The second kappa shape index (κ2) is 10.3.